The summed E-state index contributed by atoms with van der Waals surface area (Å²) in [7, 11) is 1.70. The second-order valence-electron chi connectivity index (χ2n) is 5.92. The van der Waals surface area contributed by atoms with Gasteiger partial charge in [0.15, 0.2) is 0 Å². The Morgan fingerprint density at radius 2 is 1.71 bits per heavy atom. The first-order valence-corrected chi connectivity index (χ1v) is 8.34. The van der Waals surface area contributed by atoms with Gasteiger partial charge in [-0.25, -0.2) is 0 Å². The quantitative estimate of drug-likeness (QED) is 0.568. The maximum atomic E-state index is 12.7. The van der Waals surface area contributed by atoms with Crippen molar-refractivity contribution in [1.29, 1.82) is 0 Å². The van der Waals surface area contributed by atoms with Crippen molar-refractivity contribution >= 4 is 11.6 Å². The number of amides is 1. The van der Waals surface area contributed by atoms with Crippen LogP contribution in [0.4, 0.5) is 5.69 Å². The minimum atomic E-state index is 0.140. The summed E-state index contributed by atoms with van der Waals surface area (Å²) in [5.41, 5.74) is 8.56. The Balaban J connectivity index is 1.99. The molecule has 1 amide bonds. The summed E-state index contributed by atoms with van der Waals surface area (Å²) in [6.07, 6.45) is 2.29. The van der Waals surface area contributed by atoms with Gasteiger partial charge in [0, 0.05) is 32.5 Å². The summed E-state index contributed by atoms with van der Waals surface area (Å²) in [6.45, 7) is 2.11. The first kappa shape index (κ1) is 18.0. The molecule has 0 aromatic heterocycles. The molecule has 0 bridgehead atoms. The van der Waals surface area contributed by atoms with Crippen molar-refractivity contribution in [3.63, 3.8) is 0 Å². The maximum absolute atomic E-state index is 12.7. The molecular weight excluding hydrogens is 300 g/mol. The van der Waals surface area contributed by atoms with Crippen LogP contribution in [0.5, 0.6) is 0 Å². The van der Waals surface area contributed by atoms with Gasteiger partial charge < -0.3 is 15.4 Å². The average Bonchev–Trinajstić information content (AvgIpc) is 2.60. The van der Waals surface area contributed by atoms with Gasteiger partial charge in [-0.15, -0.1) is 0 Å². The molecule has 0 saturated carbocycles. The fourth-order valence-corrected chi connectivity index (χ4v) is 2.57. The molecule has 24 heavy (non-hydrogen) atoms. The molecule has 0 aliphatic heterocycles. The predicted octanol–water partition coefficient (Wildman–Crippen LogP) is 3.27. The molecule has 2 aromatic rings. The highest BCUT2D eigenvalue weighted by Crippen LogP contribution is 2.11. The van der Waals surface area contributed by atoms with Gasteiger partial charge in [0.2, 0.25) is 5.91 Å². The number of ether oxygens (including phenoxy) is 1. The third-order valence-electron chi connectivity index (χ3n) is 3.93. The van der Waals surface area contributed by atoms with Gasteiger partial charge in [-0.05, 0) is 36.1 Å². The Morgan fingerprint density at radius 3 is 2.38 bits per heavy atom. The zero-order chi connectivity index (χ0) is 17.2. The smallest absolute Gasteiger partial charge is 0.227 e. The average molecular weight is 326 g/mol. The van der Waals surface area contributed by atoms with Gasteiger partial charge in [0.05, 0.1) is 6.42 Å². The molecule has 2 rings (SSSR count). The van der Waals surface area contributed by atoms with Crippen molar-refractivity contribution < 1.29 is 9.53 Å². The van der Waals surface area contributed by atoms with Crippen LogP contribution in [0.25, 0.3) is 0 Å². The summed E-state index contributed by atoms with van der Waals surface area (Å²) in [5.74, 6) is 0.140. The van der Waals surface area contributed by atoms with Gasteiger partial charge in [-0.3, -0.25) is 4.79 Å². The van der Waals surface area contributed by atoms with Crippen molar-refractivity contribution in [3.8, 4) is 0 Å². The van der Waals surface area contributed by atoms with Crippen LogP contribution in [0.1, 0.15) is 24.0 Å². The maximum Gasteiger partial charge on any atom is 0.227 e. The molecule has 2 N–H and O–H groups in total. The number of anilines is 1. The van der Waals surface area contributed by atoms with Gasteiger partial charge in [0.25, 0.3) is 0 Å². The molecule has 0 unspecified atom stereocenters. The number of nitrogens with zero attached hydrogens (tertiary/aromatic N) is 1. The zero-order valence-electron chi connectivity index (χ0n) is 14.3. The molecule has 0 atom stereocenters. The summed E-state index contributed by atoms with van der Waals surface area (Å²) in [4.78, 5) is 14.7. The van der Waals surface area contributed by atoms with Crippen molar-refractivity contribution in [2.24, 2.45) is 0 Å². The fraction of sp³-hybridized carbons (Fsp3) is 0.350. The number of rotatable bonds is 9. The highest BCUT2D eigenvalue weighted by atomic mass is 16.5. The molecule has 0 heterocycles. The molecule has 0 aliphatic carbocycles. The van der Waals surface area contributed by atoms with E-state index in [2.05, 4.69) is 12.1 Å². The lowest BCUT2D eigenvalue weighted by Crippen LogP contribution is -2.33. The molecule has 128 valence electrons. The Kier molecular flexibility index (Phi) is 7.30. The lowest BCUT2D eigenvalue weighted by Gasteiger charge is -2.23. The van der Waals surface area contributed by atoms with Gasteiger partial charge >= 0.3 is 0 Å². The number of nitrogens with two attached hydrogens (primary N) is 1. The lowest BCUT2D eigenvalue weighted by atomic mass is 10.1. The minimum absolute atomic E-state index is 0.140. The number of methoxy groups -OCH3 is 1. The molecule has 0 aliphatic rings. The van der Waals surface area contributed by atoms with E-state index in [0.29, 0.717) is 18.7 Å². The standard InChI is InChI=1S/C20H26N2O2/c1-24-14-6-5-13-22(16-18-7-3-2-4-8-18)20(23)15-17-9-11-19(21)12-10-17/h2-4,7-12H,5-6,13-16,21H2,1H3. The highest BCUT2D eigenvalue weighted by Gasteiger charge is 2.14. The number of benzene rings is 2. The van der Waals surface area contributed by atoms with Crippen LogP contribution in [0, 0.1) is 0 Å². The molecule has 0 spiro atoms. The van der Waals surface area contributed by atoms with Crippen LogP contribution >= 0.6 is 0 Å². The van der Waals surface area contributed by atoms with E-state index in [4.69, 9.17) is 10.5 Å². The van der Waals surface area contributed by atoms with E-state index in [0.717, 1.165) is 37.1 Å². The Morgan fingerprint density at radius 1 is 1.00 bits per heavy atom. The summed E-state index contributed by atoms with van der Waals surface area (Å²) in [5, 5.41) is 0. The van der Waals surface area contributed by atoms with Gasteiger partial charge in [0.1, 0.15) is 0 Å². The Labute approximate surface area is 144 Å². The fourth-order valence-electron chi connectivity index (χ4n) is 2.57. The van der Waals surface area contributed by atoms with E-state index in [-0.39, 0.29) is 5.91 Å². The number of unbranched alkanes of at least 4 members (excludes halogenated alkanes) is 1. The molecule has 0 fully saturated rings. The van der Waals surface area contributed by atoms with E-state index < -0.39 is 0 Å². The van der Waals surface area contributed by atoms with Crippen LogP contribution in [-0.4, -0.2) is 31.1 Å². The van der Waals surface area contributed by atoms with E-state index in [1.165, 1.54) is 0 Å². The zero-order valence-corrected chi connectivity index (χ0v) is 14.3. The Bertz CT molecular complexity index is 611. The molecule has 4 heteroatoms. The number of hydrogen-bond acceptors (Lipinski definition) is 3. The SMILES string of the molecule is COCCCCN(Cc1ccccc1)C(=O)Cc1ccc(N)cc1. The minimum Gasteiger partial charge on any atom is -0.399 e. The van der Waals surface area contributed by atoms with Crippen LogP contribution in [0.15, 0.2) is 54.6 Å². The predicted molar refractivity (Wildman–Crippen MR) is 97.5 cm³/mol. The number of carbonyl (C=O) groups excluding carboxylic acids is 1. The first-order valence-electron chi connectivity index (χ1n) is 8.34. The number of hydrogen-bond donors (Lipinski definition) is 1. The highest BCUT2D eigenvalue weighted by molar-refractivity contribution is 5.78. The third kappa shape index (κ3) is 6.05. The van der Waals surface area contributed by atoms with Crippen molar-refractivity contribution in [2.75, 3.05) is 26.0 Å². The van der Waals surface area contributed by atoms with Gasteiger partial charge in [-0.2, -0.15) is 0 Å². The van der Waals surface area contributed by atoms with E-state index in [1.807, 2.05) is 47.4 Å². The van der Waals surface area contributed by atoms with Crippen LogP contribution in [0.2, 0.25) is 0 Å². The summed E-state index contributed by atoms with van der Waals surface area (Å²) >= 11 is 0. The summed E-state index contributed by atoms with van der Waals surface area (Å²) in [6, 6.07) is 17.6. The first-order chi connectivity index (χ1) is 11.7. The third-order valence-corrected chi connectivity index (χ3v) is 3.93. The molecular formula is C20H26N2O2. The normalized spacial score (nSPS) is 10.5. The second-order valence-corrected chi connectivity index (χ2v) is 5.92. The van der Waals surface area contributed by atoms with E-state index >= 15 is 0 Å². The molecule has 2 aromatic carbocycles. The van der Waals surface area contributed by atoms with Crippen LogP contribution in [-0.2, 0) is 22.5 Å². The summed E-state index contributed by atoms with van der Waals surface area (Å²) < 4.78 is 5.09. The largest absolute Gasteiger partial charge is 0.399 e. The molecule has 0 saturated heterocycles. The van der Waals surface area contributed by atoms with E-state index in [9.17, 15) is 4.79 Å². The van der Waals surface area contributed by atoms with Crippen LogP contribution in [0.3, 0.4) is 0 Å². The monoisotopic (exact) mass is 326 g/mol. The van der Waals surface area contributed by atoms with Crippen LogP contribution < -0.4 is 5.73 Å². The van der Waals surface area contributed by atoms with Crippen molar-refractivity contribution in [2.45, 2.75) is 25.8 Å². The lowest BCUT2D eigenvalue weighted by molar-refractivity contribution is -0.131. The second kappa shape index (κ2) is 9.73. The van der Waals surface area contributed by atoms with E-state index in [1.54, 1.807) is 7.11 Å². The molecule has 4 nitrogen and oxygen atoms in total. The van der Waals surface area contributed by atoms with Crippen molar-refractivity contribution in [3.05, 3.63) is 65.7 Å². The number of carbonyl (C=O) groups is 1. The Hall–Kier alpha value is -2.33. The van der Waals surface area contributed by atoms with Gasteiger partial charge in [-0.1, -0.05) is 42.5 Å². The topological polar surface area (TPSA) is 55.6 Å². The number of nitrogen functional groups attached to an aromatic ring is 1. The molecule has 0 radical (unpaired) electrons. The van der Waals surface area contributed by atoms with Crippen molar-refractivity contribution in [1.82, 2.24) is 4.90 Å².